The van der Waals surface area contributed by atoms with E-state index in [1.807, 2.05) is 6.92 Å². The second-order valence-electron chi connectivity index (χ2n) is 8.51. The smallest absolute Gasteiger partial charge is 0.437 e. The number of rotatable bonds is 10. The number of ether oxygens (including phenoxy) is 2. The SMILES string of the molecule is CCCc1c(OCCCCOc2cccc(C3(C)SC(=O)NC3=O)c2)ccc2c(C(F)(F)F)noc12. The summed E-state index contributed by atoms with van der Waals surface area (Å²) >= 11 is 0.940. The van der Waals surface area contributed by atoms with Crippen LogP contribution in [0.4, 0.5) is 18.0 Å². The highest BCUT2D eigenvalue weighted by atomic mass is 32.2. The third-order valence-electron chi connectivity index (χ3n) is 5.86. The number of benzene rings is 2. The highest BCUT2D eigenvalue weighted by Crippen LogP contribution is 2.42. The molecular formula is C25H25F3N2O5S. The van der Waals surface area contributed by atoms with E-state index in [9.17, 15) is 22.8 Å². The molecule has 0 aliphatic carbocycles. The van der Waals surface area contributed by atoms with Crippen molar-refractivity contribution in [1.29, 1.82) is 0 Å². The van der Waals surface area contributed by atoms with Gasteiger partial charge in [-0.15, -0.1) is 0 Å². The summed E-state index contributed by atoms with van der Waals surface area (Å²) in [4.78, 5) is 23.8. The summed E-state index contributed by atoms with van der Waals surface area (Å²) in [5.74, 6) is 0.717. The number of carbonyl (C=O) groups is 2. The molecule has 7 nitrogen and oxygen atoms in total. The quantitative estimate of drug-likeness (QED) is 0.316. The van der Waals surface area contributed by atoms with Gasteiger partial charge in [-0.1, -0.05) is 30.6 Å². The molecule has 1 aliphatic heterocycles. The number of aryl methyl sites for hydroxylation is 1. The van der Waals surface area contributed by atoms with Crippen molar-refractivity contribution in [2.24, 2.45) is 0 Å². The number of amides is 2. The van der Waals surface area contributed by atoms with Crippen molar-refractivity contribution in [2.45, 2.75) is 50.5 Å². The molecule has 0 bridgehead atoms. The Labute approximate surface area is 209 Å². The van der Waals surface area contributed by atoms with E-state index in [0.29, 0.717) is 61.5 Å². The Hall–Kier alpha value is -3.21. The van der Waals surface area contributed by atoms with E-state index in [-0.39, 0.29) is 22.1 Å². The highest BCUT2D eigenvalue weighted by Gasteiger charge is 2.45. The molecule has 2 aromatic carbocycles. The molecule has 192 valence electrons. The zero-order chi connectivity index (χ0) is 25.9. The molecule has 0 radical (unpaired) electrons. The number of halogens is 3. The zero-order valence-corrected chi connectivity index (χ0v) is 20.6. The number of unbranched alkanes of at least 4 members (excludes halogenated alkanes) is 1. The van der Waals surface area contributed by atoms with Gasteiger partial charge in [0.1, 0.15) is 16.2 Å². The van der Waals surface area contributed by atoms with Crippen molar-refractivity contribution in [1.82, 2.24) is 10.5 Å². The molecule has 2 heterocycles. The van der Waals surface area contributed by atoms with Crippen molar-refractivity contribution in [3.05, 3.63) is 53.2 Å². The molecule has 1 aliphatic rings. The predicted molar refractivity (Wildman–Crippen MR) is 128 cm³/mol. The van der Waals surface area contributed by atoms with E-state index in [0.717, 1.165) is 11.8 Å². The molecule has 11 heteroatoms. The molecule has 0 spiro atoms. The van der Waals surface area contributed by atoms with Crippen LogP contribution >= 0.6 is 11.8 Å². The van der Waals surface area contributed by atoms with Crippen molar-refractivity contribution in [3.63, 3.8) is 0 Å². The summed E-state index contributed by atoms with van der Waals surface area (Å²) < 4.78 is 55.2. The van der Waals surface area contributed by atoms with Crippen LogP contribution < -0.4 is 14.8 Å². The zero-order valence-electron chi connectivity index (χ0n) is 19.7. The van der Waals surface area contributed by atoms with Crippen LogP contribution in [-0.2, 0) is 22.1 Å². The molecule has 1 N–H and O–H groups in total. The Bertz CT molecular complexity index is 1280. The maximum atomic E-state index is 13.2. The van der Waals surface area contributed by atoms with Gasteiger partial charge in [0, 0.05) is 5.56 Å². The van der Waals surface area contributed by atoms with Gasteiger partial charge < -0.3 is 14.0 Å². The van der Waals surface area contributed by atoms with Gasteiger partial charge in [-0.05, 0) is 67.8 Å². The minimum absolute atomic E-state index is 0.0689. The van der Waals surface area contributed by atoms with E-state index in [4.69, 9.17) is 14.0 Å². The molecule has 4 rings (SSSR count). The molecule has 1 aromatic heterocycles. The number of carbonyl (C=O) groups excluding carboxylic acids is 2. The number of nitrogens with one attached hydrogen (secondary N) is 1. The molecule has 0 saturated carbocycles. The lowest BCUT2D eigenvalue weighted by Gasteiger charge is -2.19. The lowest BCUT2D eigenvalue weighted by molar-refractivity contribution is -0.141. The van der Waals surface area contributed by atoms with Crippen LogP contribution in [-0.4, -0.2) is 29.5 Å². The first-order valence-electron chi connectivity index (χ1n) is 11.5. The summed E-state index contributed by atoms with van der Waals surface area (Å²) in [6, 6.07) is 9.94. The van der Waals surface area contributed by atoms with Crippen LogP contribution in [0.1, 0.15) is 49.9 Å². The number of imide groups is 1. The van der Waals surface area contributed by atoms with Crippen molar-refractivity contribution >= 4 is 33.9 Å². The first kappa shape index (κ1) is 25.9. The summed E-state index contributed by atoms with van der Waals surface area (Å²) in [6.45, 7) is 4.37. The van der Waals surface area contributed by atoms with E-state index >= 15 is 0 Å². The molecule has 1 saturated heterocycles. The Morgan fingerprint density at radius 2 is 1.86 bits per heavy atom. The minimum atomic E-state index is -4.59. The lowest BCUT2D eigenvalue weighted by Crippen LogP contribution is -2.31. The van der Waals surface area contributed by atoms with Crippen molar-refractivity contribution in [2.75, 3.05) is 13.2 Å². The van der Waals surface area contributed by atoms with Crippen LogP contribution in [0.2, 0.25) is 0 Å². The number of hydrogen-bond acceptors (Lipinski definition) is 7. The van der Waals surface area contributed by atoms with Gasteiger partial charge >= 0.3 is 6.18 Å². The number of fused-ring (bicyclic) bond motifs is 1. The van der Waals surface area contributed by atoms with Crippen LogP contribution in [0.25, 0.3) is 11.0 Å². The molecule has 36 heavy (non-hydrogen) atoms. The standard InChI is InChI=1S/C25H25F3N2O5S/c1-3-7-17-19(11-10-18-20(17)35-30-21(18)25(26,27)28)34-13-5-4-12-33-16-9-6-8-15(14-16)24(2)22(31)29-23(32)36-24/h6,8-11,14H,3-5,7,12-13H2,1-2H3,(H,29,31,32). The Morgan fingerprint density at radius 1 is 1.11 bits per heavy atom. The predicted octanol–water partition coefficient (Wildman–Crippen LogP) is 6.24. The number of hydrogen-bond donors (Lipinski definition) is 1. The average Bonchev–Trinajstić information content (AvgIpc) is 3.38. The van der Waals surface area contributed by atoms with Gasteiger partial charge in [0.2, 0.25) is 5.91 Å². The van der Waals surface area contributed by atoms with Gasteiger partial charge in [-0.3, -0.25) is 14.9 Å². The van der Waals surface area contributed by atoms with E-state index in [1.54, 1.807) is 31.2 Å². The second-order valence-corrected chi connectivity index (χ2v) is 9.90. The number of nitrogens with zero attached hydrogens (tertiary/aromatic N) is 1. The van der Waals surface area contributed by atoms with Crippen LogP contribution in [0.15, 0.2) is 40.9 Å². The maximum absolute atomic E-state index is 13.2. The van der Waals surface area contributed by atoms with Gasteiger partial charge in [-0.25, -0.2) is 0 Å². The fourth-order valence-electron chi connectivity index (χ4n) is 3.99. The molecule has 3 aromatic rings. The Morgan fingerprint density at radius 3 is 2.53 bits per heavy atom. The first-order valence-corrected chi connectivity index (χ1v) is 12.3. The highest BCUT2D eigenvalue weighted by molar-refractivity contribution is 8.15. The first-order chi connectivity index (χ1) is 17.1. The number of alkyl halides is 3. The lowest BCUT2D eigenvalue weighted by atomic mass is 9.99. The molecule has 1 unspecified atom stereocenters. The molecule has 1 atom stereocenters. The van der Waals surface area contributed by atoms with Gasteiger partial charge in [0.05, 0.1) is 18.6 Å². The summed E-state index contributed by atoms with van der Waals surface area (Å²) in [6.07, 6.45) is -2.07. The fraction of sp³-hybridized carbons (Fsp3) is 0.400. The van der Waals surface area contributed by atoms with Crippen molar-refractivity contribution in [3.8, 4) is 11.5 Å². The normalized spacial score (nSPS) is 18.0. The molecular weight excluding hydrogens is 497 g/mol. The topological polar surface area (TPSA) is 90.7 Å². The van der Waals surface area contributed by atoms with E-state index in [1.165, 1.54) is 12.1 Å². The Kier molecular flexibility index (Phi) is 7.49. The van der Waals surface area contributed by atoms with E-state index < -0.39 is 16.6 Å². The molecule has 1 fully saturated rings. The summed E-state index contributed by atoms with van der Waals surface area (Å²) in [7, 11) is 0. The van der Waals surface area contributed by atoms with Crippen LogP contribution in [0.5, 0.6) is 11.5 Å². The van der Waals surface area contributed by atoms with E-state index in [2.05, 4.69) is 10.5 Å². The number of thioether (sulfide) groups is 1. The second kappa shape index (κ2) is 10.4. The van der Waals surface area contributed by atoms with Crippen LogP contribution in [0, 0.1) is 0 Å². The van der Waals surface area contributed by atoms with Gasteiger partial charge in [0.25, 0.3) is 5.24 Å². The monoisotopic (exact) mass is 522 g/mol. The number of aromatic nitrogens is 1. The van der Waals surface area contributed by atoms with Crippen molar-refractivity contribution < 1.29 is 36.8 Å². The fourth-order valence-corrected chi connectivity index (χ4v) is 4.89. The largest absolute Gasteiger partial charge is 0.494 e. The minimum Gasteiger partial charge on any atom is -0.494 e. The average molecular weight is 523 g/mol. The van der Waals surface area contributed by atoms with Gasteiger partial charge in [0.15, 0.2) is 11.3 Å². The Balaban J connectivity index is 1.31. The summed E-state index contributed by atoms with van der Waals surface area (Å²) in [5.41, 5.74) is 0.327. The third-order valence-corrected chi connectivity index (χ3v) is 6.98. The molecule has 2 amide bonds. The third kappa shape index (κ3) is 5.30. The van der Waals surface area contributed by atoms with Crippen LogP contribution in [0.3, 0.4) is 0 Å². The van der Waals surface area contributed by atoms with Gasteiger partial charge in [-0.2, -0.15) is 13.2 Å². The summed E-state index contributed by atoms with van der Waals surface area (Å²) in [5, 5.41) is 5.09. The maximum Gasteiger partial charge on any atom is 0.437 e.